The molecule has 0 aliphatic rings. The molecule has 3 heteroatoms. The Morgan fingerprint density at radius 3 is 2.18 bits per heavy atom. The van der Waals surface area contributed by atoms with Gasteiger partial charge in [-0.2, -0.15) is 0 Å². The maximum atomic E-state index is 10.5. The van der Waals surface area contributed by atoms with Crippen LogP contribution in [0.25, 0.3) is 0 Å². The molecule has 60 valence electrons. The van der Waals surface area contributed by atoms with Gasteiger partial charge in [-0.15, -0.1) is 0 Å². The van der Waals surface area contributed by atoms with Crippen LogP contribution in [0, 0.1) is 0 Å². The molecule has 1 aromatic rings. The summed E-state index contributed by atoms with van der Waals surface area (Å²) in [6.45, 7) is 1.68. The summed E-state index contributed by atoms with van der Waals surface area (Å²) in [5.41, 5.74) is 0.851. The Kier molecular flexibility index (Phi) is 2.65. The molecule has 0 saturated heterocycles. The highest BCUT2D eigenvalue weighted by molar-refractivity contribution is 7.72. The maximum Gasteiger partial charge on any atom is 0.146 e. The van der Waals surface area contributed by atoms with Crippen LogP contribution in [-0.2, 0) is 10.7 Å². The van der Waals surface area contributed by atoms with Crippen LogP contribution in [-0.4, -0.2) is 8.42 Å². The minimum absolute atomic E-state index is 0.369. The summed E-state index contributed by atoms with van der Waals surface area (Å²) in [5, 5.41) is -0.369. The summed E-state index contributed by atoms with van der Waals surface area (Å²) in [5.74, 6) is 0. The highest BCUT2D eigenvalue weighted by atomic mass is 32.2. The van der Waals surface area contributed by atoms with Gasteiger partial charge in [0.25, 0.3) is 0 Å². The van der Waals surface area contributed by atoms with Crippen LogP contribution >= 0.6 is 0 Å². The van der Waals surface area contributed by atoms with E-state index < -0.39 is 10.7 Å². The van der Waals surface area contributed by atoms with Gasteiger partial charge in [0.1, 0.15) is 10.7 Å². The van der Waals surface area contributed by atoms with Gasteiger partial charge < -0.3 is 0 Å². The standard InChI is InChI=1S/C8H10O2S/c1-7(11(9)10)8-5-3-2-4-6-8/h2-7,11H,1H3. The molecule has 0 aliphatic carbocycles. The van der Waals surface area contributed by atoms with Crippen molar-refractivity contribution in [1.82, 2.24) is 0 Å². The van der Waals surface area contributed by atoms with E-state index in [2.05, 4.69) is 0 Å². The fraction of sp³-hybridized carbons (Fsp3) is 0.250. The second kappa shape index (κ2) is 3.53. The van der Waals surface area contributed by atoms with Gasteiger partial charge in [0.2, 0.25) is 0 Å². The van der Waals surface area contributed by atoms with E-state index in [9.17, 15) is 8.42 Å². The van der Waals surface area contributed by atoms with Gasteiger partial charge in [0.15, 0.2) is 0 Å². The lowest BCUT2D eigenvalue weighted by Gasteiger charge is -2.01. The van der Waals surface area contributed by atoms with E-state index in [0.29, 0.717) is 0 Å². The molecule has 0 aliphatic heterocycles. The summed E-state index contributed by atoms with van der Waals surface area (Å²) < 4.78 is 21.1. The van der Waals surface area contributed by atoms with Crippen molar-refractivity contribution in [3.05, 3.63) is 35.9 Å². The average molecular weight is 170 g/mol. The first kappa shape index (κ1) is 8.27. The SMILES string of the molecule is CC(c1ccccc1)[SH](=O)=O. The van der Waals surface area contributed by atoms with Crippen LogP contribution in [0.3, 0.4) is 0 Å². The van der Waals surface area contributed by atoms with Crippen molar-refractivity contribution in [2.75, 3.05) is 0 Å². The normalized spacial score (nSPS) is 13.3. The van der Waals surface area contributed by atoms with Crippen LogP contribution < -0.4 is 0 Å². The van der Waals surface area contributed by atoms with Gasteiger partial charge in [-0.1, -0.05) is 30.3 Å². The zero-order valence-corrected chi connectivity index (χ0v) is 7.12. The molecule has 1 unspecified atom stereocenters. The van der Waals surface area contributed by atoms with Crippen LogP contribution in [0.4, 0.5) is 0 Å². The molecule has 0 amide bonds. The lowest BCUT2D eigenvalue weighted by atomic mass is 10.2. The monoisotopic (exact) mass is 170 g/mol. The van der Waals surface area contributed by atoms with Gasteiger partial charge in [-0.3, -0.25) is 0 Å². The number of hydrogen-bond donors (Lipinski definition) is 1. The largest absolute Gasteiger partial charge is 0.231 e. The summed E-state index contributed by atoms with van der Waals surface area (Å²) in [6, 6.07) is 9.18. The van der Waals surface area contributed by atoms with Gasteiger partial charge in [0.05, 0.1) is 5.25 Å². The maximum absolute atomic E-state index is 10.5. The Bertz CT molecular complexity index is 282. The lowest BCUT2D eigenvalue weighted by Crippen LogP contribution is -1.93. The van der Waals surface area contributed by atoms with Gasteiger partial charge in [0, 0.05) is 0 Å². The topological polar surface area (TPSA) is 34.1 Å². The molecule has 0 fully saturated rings. The van der Waals surface area contributed by atoms with Crippen LogP contribution in [0.15, 0.2) is 30.3 Å². The smallest absolute Gasteiger partial charge is 0.146 e. The van der Waals surface area contributed by atoms with E-state index in [1.807, 2.05) is 30.3 Å². The molecule has 1 aromatic carbocycles. The third-order valence-corrected chi connectivity index (χ3v) is 2.53. The summed E-state index contributed by atoms with van der Waals surface area (Å²) in [6.07, 6.45) is 0. The predicted molar refractivity (Wildman–Crippen MR) is 45.2 cm³/mol. The van der Waals surface area contributed by atoms with Crippen molar-refractivity contribution >= 4 is 10.7 Å². The molecular formula is C8H10O2S. The first-order valence-electron chi connectivity index (χ1n) is 3.40. The van der Waals surface area contributed by atoms with Crippen LogP contribution in [0.1, 0.15) is 17.7 Å². The van der Waals surface area contributed by atoms with Crippen molar-refractivity contribution in [3.8, 4) is 0 Å². The van der Waals surface area contributed by atoms with Gasteiger partial charge in [-0.05, 0) is 12.5 Å². The van der Waals surface area contributed by atoms with Crippen molar-refractivity contribution in [2.45, 2.75) is 12.2 Å². The predicted octanol–water partition coefficient (Wildman–Crippen LogP) is 1.36. The van der Waals surface area contributed by atoms with E-state index in [0.717, 1.165) is 5.56 Å². The molecule has 2 nitrogen and oxygen atoms in total. The summed E-state index contributed by atoms with van der Waals surface area (Å²) >= 11 is 0. The fourth-order valence-corrected chi connectivity index (χ4v) is 1.27. The summed E-state index contributed by atoms with van der Waals surface area (Å²) in [7, 11) is -2.34. The molecule has 0 radical (unpaired) electrons. The van der Waals surface area contributed by atoms with Crippen molar-refractivity contribution in [2.24, 2.45) is 0 Å². The second-order valence-corrected chi connectivity index (χ2v) is 3.72. The van der Waals surface area contributed by atoms with E-state index in [1.165, 1.54) is 0 Å². The lowest BCUT2D eigenvalue weighted by molar-refractivity contribution is 0.606. The van der Waals surface area contributed by atoms with Crippen LogP contribution in [0.5, 0.6) is 0 Å². The molecule has 0 spiro atoms. The Morgan fingerprint density at radius 2 is 1.73 bits per heavy atom. The molecule has 0 aromatic heterocycles. The minimum atomic E-state index is -2.34. The molecule has 0 saturated carbocycles. The molecule has 0 heterocycles. The molecule has 11 heavy (non-hydrogen) atoms. The first-order chi connectivity index (χ1) is 5.22. The third-order valence-electron chi connectivity index (χ3n) is 1.60. The van der Waals surface area contributed by atoms with Crippen molar-refractivity contribution in [3.63, 3.8) is 0 Å². The van der Waals surface area contributed by atoms with E-state index in [4.69, 9.17) is 0 Å². The number of rotatable bonds is 2. The summed E-state index contributed by atoms with van der Waals surface area (Å²) in [4.78, 5) is 0. The van der Waals surface area contributed by atoms with E-state index >= 15 is 0 Å². The molecular weight excluding hydrogens is 160 g/mol. The zero-order valence-electron chi connectivity index (χ0n) is 6.23. The van der Waals surface area contributed by atoms with Gasteiger partial charge >= 0.3 is 0 Å². The molecule has 1 atom stereocenters. The molecule has 0 N–H and O–H groups in total. The van der Waals surface area contributed by atoms with E-state index in [-0.39, 0.29) is 5.25 Å². The Balaban J connectivity index is 2.94. The zero-order chi connectivity index (χ0) is 8.27. The first-order valence-corrected chi connectivity index (χ1v) is 4.65. The number of hydrogen-bond acceptors (Lipinski definition) is 2. The van der Waals surface area contributed by atoms with Crippen molar-refractivity contribution < 1.29 is 8.42 Å². The highest BCUT2D eigenvalue weighted by Gasteiger charge is 2.05. The Hall–Kier alpha value is -0.830. The van der Waals surface area contributed by atoms with Crippen molar-refractivity contribution in [1.29, 1.82) is 0 Å². The number of thiol groups is 1. The second-order valence-electron chi connectivity index (χ2n) is 2.37. The number of benzene rings is 1. The Labute approximate surface area is 67.8 Å². The third kappa shape index (κ3) is 2.05. The molecule has 0 bridgehead atoms. The highest BCUT2D eigenvalue weighted by Crippen LogP contribution is 2.13. The van der Waals surface area contributed by atoms with Gasteiger partial charge in [-0.25, -0.2) is 8.42 Å². The Morgan fingerprint density at radius 1 is 1.18 bits per heavy atom. The quantitative estimate of drug-likeness (QED) is 0.680. The molecule has 1 rings (SSSR count). The van der Waals surface area contributed by atoms with E-state index in [1.54, 1.807) is 6.92 Å². The minimum Gasteiger partial charge on any atom is -0.231 e. The van der Waals surface area contributed by atoms with Crippen LogP contribution in [0.2, 0.25) is 0 Å². The average Bonchev–Trinajstić information content (AvgIpc) is 2.05. The fourth-order valence-electron chi connectivity index (χ4n) is 0.853.